The molecule has 3 aliphatic rings. The van der Waals surface area contributed by atoms with Crippen molar-refractivity contribution in [1.82, 2.24) is 0 Å². The molecule has 3 aromatic rings. The largest absolute Gasteiger partial charge is 0.349 e. The standard InChI is InChI=1S/C26H16FNO5/c27-15-12-10-14(11-13-15)21-19-20(25(32)28(24(19)31)16-6-2-1-3-7-16)26(33-21)22(29)17-8-4-5-9-18(17)23(26)30/h1-13,19-21H. The highest BCUT2D eigenvalue weighted by Gasteiger charge is 2.74. The van der Waals surface area contributed by atoms with E-state index in [1.54, 1.807) is 42.5 Å². The molecule has 2 amide bonds. The average molecular weight is 441 g/mol. The summed E-state index contributed by atoms with van der Waals surface area (Å²) in [7, 11) is 0. The maximum absolute atomic E-state index is 13.7. The minimum atomic E-state index is -2.14. The molecule has 33 heavy (non-hydrogen) atoms. The van der Waals surface area contributed by atoms with E-state index in [0.717, 1.165) is 4.90 Å². The van der Waals surface area contributed by atoms with E-state index in [4.69, 9.17) is 4.74 Å². The number of carbonyl (C=O) groups is 4. The highest BCUT2D eigenvalue weighted by Crippen LogP contribution is 2.57. The van der Waals surface area contributed by atoms with Crippen LogP contribution in [0, 0.1) is 17.7 Å². The van der Waals surface area contributed by atoms with Crippen molar-refractivity contribution in [2.75, 3.05) is 4.90 Å². The zero-order valence-corrected chi connectivity index (χ0v) is 17.1. The quantitative estimate of drug-likeness (QED) is 0.449. The number of nitrogens with zero attached hydrogens (tertiary/aromatic N) is 1. The number of ether oxygens (including phenoxy) is 1. The third-order valence-electron chi connectivity index (χ3n) is 6.73. The van der Waals surface area contributed by atoms with E-state index in [1.807, 2.05) is 0 Å². The second-order valence-corrected chi connectivity index (χ2v) is 8.38. The number of para-hydroxylation sites is 1. The highest BCUT2D eigenvalue weighted by atomic mass is 19.1. The van der Waals surface area contributed by atoms with Gasteiger partial charge in [-0.1, -0.05) is 54.6 Å². The van der Waals surface area contributed by atoms with Gasteiger partial charge in [0, 0.05) is 11.1 Å². The predicted octanol–water partition coefficient (Wildman–Crippen LogP) is 3.52. The molecule has 3 atom stereocenters. The number of benzene rings is 3. The molecule has 2 aliphatic heterocycles. The Labute approximate surface area is 187 Å². The van der Waals surface area contributed by atoms with E-state index in [1.165, 1.54) is 36.4 Å². The molecule has 0 bridgehead atoms. The fraction of sp³-hybridized carbons (Fsp3) is 0.154. The Hall–Kier alpha value is -3.97. The summed E-state index contributed by atoms with van der Waals surface area (Å²) < 4.78 is 19.7. The van der Waals surface area contributed by atoms with Crippen LogP contribution in [0.15, 0.2) is 78.9 Å². The van der Waals surface area contributed by atoms with E-state index in [9.17, 15) is 23.6 Å². The first-order valence-electron chi connectivity index (χ1n) is 10.5. The molecule has 3 aromatic carbocycles. The summed E-state index contributed by atoms with van der Waals surface area (Å²) in [5.41, 5.74) is -1.04. The van der Waals surface area contributed by atoms with E-state index in [-0.39, 0.29) is 11.1 Å². The summed E-state index contributed by atoms with van der Waals surface area (Å²) in [6, 6.07) is 20.0. The maximum Gasteiger partial charge on any atom is 0.241 e. The van der Waals surface area contributed by atoms with Crippen LogP contribution in [0.3, 0.4) is 0 Å². The summed E-state index contributed by atoms with van der Waals surface area (Å²) in [6.45, 7) is 0. The van der Waals surface area contributed by atoms with Gasteiger partial charge < -0.3 is 4.74 Å². The van der Waals surface area contributed by atoms with Crippen LogP contribution in [-0.2, 0) is 14.3 Å². The minimum Gasteiger partial charge on any atom is -0.349 e. The number of rotatable bonds is 2. The van der Waals surface area contributed by atoms with Crippen molar-refractivity contribution in [3.63, 3.8) is 0 Å². The van der Waals surface area contributed by atoms with Crippen LogP contribution in [0.4, 0.5) is 10.1 Å². The van der Waals surface area contributed by atoms with Gasteiger partial charge in [-0.15, -0.1) is 0 Å². The Bertz CT molecular complexity index is 1320. The summed E-state index contributed by atoms with van der Waals surface area (Å²) in [5, 5.41) is 0. The molecule has 1 spiro atoms. The maximum atomic E-state index is 13.7. The van der Waals surface area contributed by atoms with Crippen molar-refractivity contribution in [3.8, 4) is 0 Å². The van der Waals surface area contributed by atoms with Gasteiger partial charge in [-0.3, -0.25) is 19.2 Å². The Morgan fingerprint density at radius 3 is 1.91 bits per heavy atom. The number of hydrogen-bond donors (Lipinski definition) is 0. The number of hydrogen-bond acceptors (Lipinski definition) is 5. The summed E-state index contributed by atoms with van der Waals surface area (Å²) >= 11 is 0. The molecule has 1 aliphatic carbocycles. The average Bonchev–Trinajstić information content (AvgIpc) is 3.40. The topological polar surface area (TPSA) is 80.8 Å². The number of ketones is 2. The third kappa shape index (κ3) is 2.45. The summed E-state index contributed by atoms with van der Waals surface area (Å²) in [5.74, 6) is -5.38. The van der Waals surface area contributed by atoms with Crippen LogP contribution in [-0.4, -0.2) is 29.0 Å². The lowest BCUT2D eigenvalue weighted by atomic mass is 9.77. The third-order valence-corrected chi connectivity index (χ3v) is 6.73. The molecule has 6 nitrogen and oxygen atoms in total. The van der Waals surface area contributed by atoms with Crippen molar-refractivity contribution in [2.24, 2.45) is 11.8 Å². The van der Waals surface area contributed by atoms with E-state index in [2.05, 4.69) is 0 Å². The molecule has 3 unspecified atom stereocenters. The Kier molecular flexibility index (Phi) is 4.04. The monoisotopic (exact) mass is 441 g/mol. The lowest BCUT2D eigenvalue weighted by molar-refractivity contribution is -0.127. The van der Waals surface area contributed by atoms with Gasteiger partial charge in [0.1, 0.15) is 5.82 Å². The number of fused-ring (bicyclic) bond motifs is 3. The smallest absolute Gasteiger partial charge is 0.241 e. The zero-order chi connectivity index (χ0) is 22.9. The van der Waals surface area contributed by atoms with Gasteiger partial charge in [0.2, 0.25) is 29.0 Å². The van der Waals surface area contributed by atoms with Crippen molar-refractivity contribution in [2.45, 2.75) is 11.7 Å². The molecule has 2 saturated heterocycles. The Morgan fingerprint density at radius 2 is 1.30 bits per heavy atom. The molecule has 6 rings (SSSR count). The second-order valence-electron chi connectivity index (χ2n) is 8.38. The fourth-order valence-electron chi connectivity index (χ4n) is 5.30. The van der Waals surface area contributed by atoms with Crippen molar-refractivity contribution in [3.05, 3.63) is 101 Å². The van der Waals surface area contributed by atoms with Gasteiger partial charge in [0.25, 0.3) is 0 Å². The molecule has 0 saturated carbocycles. The molecule has 2 fully saturated rings. The molecule has 7 heteroatoms. The Balaban J connectivity index is 1.55. The highest BCUT2D eigenvalue weighted by molar-refractivity contribution is 6.37. The van der Waals surface area contributed by atoms with Gasteiger partial charge in [-0.2, -0.15) is 0 Å². The van der Waals surface area contributed by atoms with Crippen LogP contribution in [0.1, 0.15) is 32.4 Å². The molecule has 162 valence electrons. The second kappa shape index (κ2) is 6.76. The molecule has 2 heterocycles. The number of halogens is 1. The molecular formula is C26H16FNO5. The van der Waals surface area contributed by atoms with Crippen LogP contribution >= 0.6 is 0 Å². The summed E-state index contributed by atoms with van der Waals surface area (Å²) in [6.07, 6.45) is -1.07. The SMILES string of the molecule is O=C1C2C(c3ccc(F)cc3)OC3(C(=O)c4ccccc4C3=O)C2C(=O)N1c1ccccc1. The fourth-order valence-corrected chi connectivity index (χ4v) is 5.30. The van der Waals surface area contributed by atoms with E-state index in [0.29, 0.717) is 11.3 Å². The Morgan fingerprint density at radius 1 is 0.727 bits per heavy atom. The van der Waals surface area contributed by atoms with E-state index < -0.39 is 52.7 Å². The number of imide groups is 1. The molecular weight excluding hydrogens is 425 g/mol. The van der Waals surface area contributed by atoms with Crippen molar-refractivity contribution < 1.29 is 28.3 Å². The van der Waals surface area contributed by atoms with Crippen molar-refractivity contribution >= 4 is 29.1 Å². The van der Waals surface area contributed by atoms with Gasteiger partial charge >= 0.3 is 0 Å². The van der Waals surface area contributed by atoms with Crippen LogP contribution in [0.5, 0.6) is 0 Å². The number of carbonyl (C=O) groups excluding carboxylic acids is 4. The molecule has 0 radical (unpaired) electrons. The van der Waals surface area contributed by atoms with E-state index >= 15 is 0 Å². The zero-order valence-electron chi connectivity index (χ0n) is 17.1. The first-order chi connectivity index (χ1) is 15.9. The van der Waals surface area contributed by atoms with Crippen molar-refractivity contribution in [1.29, 1.82) is 0 Å². The van der Waals surface area contributed by atoms with Gasteiger partial charge in [-0.25, -0.2) is 9.29 Å². The predicted molar refractivity (Wildman–Crippen MR) is 114 cm³/mol. The van der Waals surface area contributed by atoms with Gasteiger partial charge in [0.15, 0.2) is 0 Å². The molecule has 0 N–H and O–H groups in total. The van der Waals surface area contributed by atoms with Crippen LogP contribution < -0.4 is 4.90 Å². The summed E-state index contributed by atoms with van der Waals surface area (Å²) in [4.78, 5) is 55.5. The first kappa shape index (κ1) is 19.7. The lowest BCUT2D eigenvalue weighted by Crippen LogP contribution is -2.51. The lowest BCUT2D eigenvalue weighted by Gasteiger charge is -2.27. The molecule has 0 aromatic heterocycles. The number of Topliss-reactive ketones (excluding diaryl/α,β-unsaturated/α-hetero) is 2. The van der Waals surface area contributed by atoms with Gasteiger partial charge in [-0.05, 0) is 29.8 Å². The van der Waals surface area contributed by atoms with Crippen LogP contribution in [0.25, 0.3) is 0 Å². The first-order valence-corrected chi connectivity index (χ1v) is 10.5. The number of amides is 2. The normalized spacial score (nSPS) is 25.1. The minimum absolute atomic E-state index is 0.166. The number of anilines is 1. The van der Waals surface area contributed by atoms with Gasteiger partial charge in [0.05, 0.1) is 23.6 Å². The van der Waals surface area contributed by atoms with Crippen LogP contribution in [0.2, 0.25) is 0 Å².